The van der Waals surface area contributed by atoms with Gasteiger partial charge in [-0.25, -0.2) is 22.5 Å². The van der Waals surface area contributed by atoms with Gasteiger partial charge in [-0.2, -0.15) is 0 Å². The molecule has 1 N–H and O–H groups in total. The smallest absolute Gasteiger partial charge is 0.240 e. The van der Waals surface area contributed by atoms with Crippen molar-refractivity contribution in [1.82, 2.24) is 14.1 Å². The van der Waals surface area contributed by atoms with Gasteiger partial charge in [0.05, 0.1) is 10.6 Å². The fourth-order valence-corrected chi connectivity index (χ4v) is 6.60. The first kappa shape index (κ1) is 22.7. The third-order valence-electron chi connectivity index (χ3n) is 6.13. The third-order valence-corrected chi connectivity index (χ3v) is 8.69. The van der Waals surface area contributed by atoms with Crippen LogP contribution in [-0.2, 0) is 27.8 Å². The number of benzene rings is 2. The number of anilines is 1. The number of amides is 1. The van der Waals surface area contributed by atoms with Gasteiger partial charge in [0, 0.05) is 47.5 Å². The molecule has 4 aromatic rings. The lowest BCUT2D eigenvalue weighted by Crippen LogP contribution is -2.33. The number of carbonyl (C=O) groups excluding carboxylic acids is 1. The normalized spacial score (nSPS) is 15.8. The second kappa shape index (κ2) is 8.30. The number of aromatic nitrogens is 2. The molecule has 0 aliphatic carbocycles. The van der Waals surface area contributed by atoms with E-state index < -0.39 is 10.0 Å². The van der Waals surface area contributed by atoms with Crippen molar-refractivity contribution in [3.05, 3.63) is 70.6 Å². The van der Waals surface area contributed by atoms with Crippen LogP contribution >= 0.6 is 11.3 Å². The Labute approximate surface area is 200 Å². The molecule has 1 aliphatic rings. The molecule has 5 rings (SSSR count). The van der Waals surface area contributed by atoms with Crippen LogP contribution in [0.1, 0.15) is 30.0 Å². The van der Waals surface area contributed by atoms with E-state index in [1.165, 1.54) is 36.5 Å². The van der Waals surface area contributed by atoms with Crippen molar-refractivity contribution in [3.63, 3.8) is 0 Å². The number of thiazole rings is 1. The Balaban J connectivity index is 1.35. The summed E-state index contributed by atoms with van der Waals surface area (Å²) in [7, 11) is -3.74. The molecule has 7 nitrogen and oxygen atoms in total. The molecule has 0 fully saturated rings. The van der Waals surface area contributed by atoms with E-state index >= 15 is 0 Å². The molecule has 34 heavy (non-hydrogen) atoms. The fraction of sp³-hybridized carbons (Fsp3) is 0.250. The molecule has 3 heterocycles. The molecule has 10 heteroatoms. The number of nitrogens with one attached hydrogen (secondary N) is 1. The van der Waals surface area contributed by atoms with Gasteiger partial charge in [-0.15, -0.1) is 0 Å². The summed E-state index contributed by atoms with van der Waals surface area (Å²) in [5, 5.41) is 0. The molecular formula is C24H23FN4O3S2. The zero-order valence-electron chi connectivity index (χ0n) is 18.9. The summed E-state index contributed by atoms with van der Waals surface area (Å²) >= 11 is 1.41. The maximum absolute atomic E-state index is 13.2. The average Bonchev–Trinajstić information content (AvgIpc) is 3.43. The predicted molar refractivity (Wildman–Crippen MR) is 130 cm³/mol. The number of hydrogen-bond acceptors (Lipinski definition) is 5. The monoisotopic (exact) mass is 498 g/mol. The summed E-state index contributed by atoms with van der Waals surface area (Å²) < 4.78 is 43.8. The summed E-state index contributed by atoms with van der Waals surface area (Å²) in [5.41, 5.74) is 4.06. The van der Waals surface area contributed by atoms with E-state index in [1.54, 1.807) is 29.2 Å². The standard InChI is InChI=1S/C24H23FN4O3S2/c1-14-10-18-11-20(8-9-22(18)29(14)16(3)30)34(31,32)26-12-23-15(2)28-13-21(27-24(28)33-23)17-4-6-19(25)7-5-17/h4-9,11,13-14,26H,10,12H2,1-3H3. The molecule has 176 valence electrons. The molecule has 0 spiro atoms. The maximum atomic E-state index is 13.2. The van der Waals surface area contributed by atoms with Gasteiger partial charge in [-0.1, -0.05) is 11.3 Å². The van der Waals surface area contributed by atoms with Crippen LogP contribution in [0.4, 0.5) is 10.1 Å². The van der Waals surface area contributed by atoms with Crippen molar-refractivity contribution < 1.29 is 17.6 Å². The molecule has 0 radical (unpaired) electrons. The summed E-state index contributed by atoms with van der Waals surface area (Å²) in [6.07, 6.45) is 2.49. The first-order valence-electron chi connectivity index (χ1n) is 10.8. The summed E-state index contributed by atoms with van der Waals surface area (Å²) in [6.45, 7) is 5.52. The van der Waals surface area contributed by atoms with E-state index in [2.05, 4.69) is 9.71 Å². The van der Waals surface area contributed by atoms with Crippen LogP contribution in [0, 0.1) is 12.7 Å². The first-order valence-corrected chi connectivity index (χ1v) is 13.1. The van der Waals surface area contributed by atoms with E-state index in [9.17, 15) is 17.6 Å². The lowest BCUT2D eigenvalue weighted by Gasteiger charge is -2.20. The molecule has 0 bridgehead atoms. The maximum Gasteiger partial charge on any atom is 0.240 e. The minimum Gasteiger partial charge on any atom is -0.309 e. The Morgan fingerprint density at radius 2 is 1.97 bits per heavy atom. The van der Waals surface area contributed by atoms with Crippen LogP contribution < -0.4 is 9.62 Å². The van der Waals surface area contributed by atoms with Crippen LogP contribution in [0.3, 0.4) is 0 Å². The Kier molecular flexibility index (Phi) is 5.54. The second-order valence-corrected chi connectivity index (χ2v) is 11.3. The highest BCUT2D eigenvalue weighted by molar-refractivity contribution is 7.89. The van der Waals surface area contributed by atoms with Gasteiger partial charge in [0.15, 0.2) is 4.96 Å². The van der Waals surface area contributed by atoms with Gasteiger partial charge in [-0.05, 0) is 68.3 Å². The molecule has 1 unspecified atom stereocenters. The lowest BCUT2D eigenvalue weighted by molar-refractivity contribution is -0.116. The molecule has 1 atom stereocenters. The van der Waals surface area contributed by atoms with Crippen LogP contribution in [0.2, 0.25) is 0 Å². The number of sulfonamides is 1. The fourth-order valence-electron chi connectivity index (χ4n) is 4.42. The second-order valence-electron chi connectivity index (χ2n) is 8.45. The Morgan fingerprint density at radius 3 is 2.65 bits per heavy atom. The van der Waals surface area contributed by atoms with Crippen LogP contribution in [0.15, 0.2) is 53.6 Å². The van der Waals surface area contributed by atoms with Crippen molar-refractivity contribution in [3.8, 4) is 11.3 Å². The molecule has 2 aromatic heterocycles. The Bertz CT molecular complexity index is 1520. The molecule has 0 saturated heterocycles. The number of carbonyl (C=O) groups is 1. The minimum atomic E-state index is -3.74. The number of aryl methyl sites for hydroxylation is 1. The van der Waals surface area contributed by atoms with Gasteiger partial charge in [0.1, 0.15) is 5.82 Å². The van der Waals surface area contributed by atoms with Crippen molar-refractivity contribution in [2.75, 3.05) is 4.90 Å². The minimum absolute atomic E-state index is 0.00296. The quantitative estimate of drug-likeness (QED) is 0.445. The van der Waals surface area contributed by atoms with Gasteiger partial charge in [-0.3, -0.25) is 9.20 Å². The molecule has 1 aliphatic heterocycles. The average molecular weight is 499 g/mol. The summed E-state index contributed by atoms with van der Waals surface area (Å²) in [6, 6.07) is 11.1. The van der Waals surface area contributed by atoms with Crippen LogP contribution in [0.5, 0.6) is 0 Å². The van der Waals surface area contributed by atoms with E-state index in [0.717, 1.165) is 38.0 Å². The third kappa shape index (κ3) is 3.91. The van der Waals surface area contributed by atoms with E-state index in [-0.39, 0.29) is 29.2 Å². The number of fused-ring (bicyclic) bond motifs is 2. The molecule has 0 saturated carbocycles. The summed E-state index contributed by atoms with van der Waals surface area (Å²) in [4.78, 5) is 20.0. The van der Waals surface area contributed by atoms with Gasteiger partial charge < -0.3 is 4.90 Å². The van der Waals surface area contributed by atoms with Crippen molar-refractivity contribution >= 4 is 37.9 Å². The van der Waals surface area contributed by atoms with Crippen LogP contribution in [0.25, 0.3) is 16.2 Å². The number of nitrogens with zero attached hydrogens (tertiary/aromatic N) is 3. The predicted octanol–water partition coefficient (Wildman–Crippen LogP) is 4.29. The van der Waals surface area contributed by atoms with Gasteiger partial charge in [0.25, 0.3) is 0 Å². The number of imidazole rings is 1. The first-order chi connectivity index (χ1) is 16.1. The largest absolute Gasteiger partial charge is 0.309 e. The lowest BCUT2D eigenvalue weighted by atomic mass is 10.1. The van der Waals surface area contributed by atoms with Crippen molar-refractivity contribution in [2.45, 2.75) is 44.7 Å². The Morgan fingerprint density at radius 1 is 1.24 bits per heavy atom. The molecule has 2 aromatic carbocycles. The van der Waals surface area contributed by atoms with Crippen molar-refractivity contribution in [1.29, 1.82) is 0 Å². The van der Waals surface area contributed by atoms with E-state index in [4.69, 9.17) is 0 Å². The SMILES string of the molecule is CC(=O)N1c2ccc(S(=O)(=O)NCc3sc4nc(-c5ccc(F)cc5)cn4c3C)cc2CC1C. The highest BCUT2D eigenvalue weighted by atomic mass is 32.2. The highest BCUT2D eigenvalue weighted by Gasteiger charge is 2.30. The van der Waals surface area contributed by atoms with Crippen molar-refractivity contribution in [2.24, 2.45) is 0 Å². The summed E-state index contributed by atoms with van der Waals surface area (Å²) in [5.74, 6) is -0.356. The number of rotatable bonds is 5. The number of hydrogen-bond donors (Lipinski definition) is 1. The zero-order valence-corrected chi connectivity index (χ0v) is 20.5. The van der Waals surface area contributed by atoms with E-state index in [1.807, 2.05) is 24.4 Å². The van der Waals surface area contributed by atoms with E-state index in [0.29, 0.717) is 6.42 Å². The molecule has 1 amide bonds. The number of halogens is 1. The molecular weight excluding hydrogens is 475 g/mol. The highest BCUT2D eigenvalue weighted by Crippen LogP contribution is 2.34. The van der Waals surface area contributed by atoms with Gasteiger partial charge in [0.2, 0.25) is 15.9 Å². The van der Waals surface area contributed by atoms with Crippen LogP contribution in [-0.4, -0.2) is 29.8 Å². The zero-order chi connectivity index (χ0) is 24.2. The van der Waals surface area contributed by atoms with Gasteiger partial charge >= 0.3 is 0 Å². The topological polar surface area (TPSA) is 83.8 Å². The Hall–Kier alpha value is -3.08.